The van der Waals surface area contributed by atoms with Crippen LogP contribution in [0.3, 0.4) is 0 Å². The average Bonchev–Trinajstić information content (AvgIpc) is 3.13. The zero-order valence-electron chi connectivity index (χ0n) is 17.2. The van der Waals surface area contributed by atoms with Crippen LogP contribution in [0, 0.1) is 11.3 Å². The maximum atomic E-state index is 11.7. The quantitative estimate of drug-likeness (QED) is 0.478. The lowest BCUT2D eigenvalue weighted by Gasteiger charge is -2.24. The Hall–Kier alpha value is -3.15. The Labute approximate surface area is 181 Å². The van der Waals surface area contributed by atoms with Crippen LogP contribution < -0.4 is 14.9 Å². The van der Waals surface area contributed by atoms with Gasteiger partial charge in [0, 0.05) is 25.7 Å². The molecule has 7 nitrogen and oxygen atoms in total. The minimum atomic E-state index is -0.762. The van der Waals surface area contributed by atoms with Crippen molar-refractivity contribution in [3.63, 3.8) is 0 Å². The van der Waals surface area contributed by atoms with Crippen molar-refractivity contribution in [1.29, 1.82) is 5.26 Å². The van der Waals surface area contributed by atoms with Crippen LogP contribution in [0.2, 0.25) is 0 Å². The summed E-state index contributed by atoms with van der Waals surface area (Å²) in [5.74, 6) is -0.178. The molecule has 1 heterocycles. The molecule has 8 heteroatoms. The van der Waals surface area contributed by atoms with Crippen LogP contribution >= 0.6 is 11.9 Å². The number of benzene rings is 2. The van der Waals surface area contributed by atoms with Gasteiger partial charge in [0.1, 0.15) is 16.3 Å². The summed E-state index contributed by atoms with van der Waals surface area (Å²) in [6.45, 7) is 6.91. The summed E-state index contributed by atoms with van der Waals surface area (Å²) in [4.78, 5) is 14.0. The van der Waals surface area contributed by atoms with E-state index in [1.54, 1.807) is 13.0 Å². The molecular formula is C22H24N6OS. The fourth-order valence-corrected chi connectivity index (χ4v) is 3.76. The number of nitrogens with one attached hydrogen (secondary N) is 2. The number of nitrogens with zero attached hydrogens (tertiary/aromatic N) is 4. The molecule has 0 saturated carbocycles. The van der Waals surface area contributed by atoms with E-state index in [2.05, 4.69) is 50.3 Å². The fraction of sp³-hybridized carbons (Fsp3) is 0.273. The molecule has 2 aromatic rings. The van der Waals surface area contributed by atoms with Crippen molar-refractivity contribution in [3.05, 3.63) is 65.2 Å². The Bertz CT molecular complexity index is 1010. The molecule has 1 atom stereocenters. The molecule has 30 heavy (non-hydrogen) atoms. The first-order valence-electron chi connectivity index (χ1n) is 9.63. The number of hydrogen-bond acceptors (Lipinski definition) is 7. The monoisotopic (exact) mass is 420 g/mol. The standard InChI is InChI=1S/C22H24N6OS/c1-4-28(14-17-8-6-5-7-9-17)18-10-11-19(20(12-18)24-16(2)29)25-26-21-13-22(3,15-23)27-30-21/h5-13,27H,4,14H2,1-3H3,(H,24,29)/b26-25+. The van der Waals surface area contributed by atoms with Gasteiger partial charge in [0.05, 0.1) is 11.8 Å². The van der Waals surface area contributed by atoms with Crippen LogP contribution in [0.25, 0.3) is 0 Å². The second-order valence-electron chi connectivity index (χ2n) is 7.08. The van der Waals surface area contributed by atoms with Crippen molar-refractivity contribution < 1.29 is 4.79 Å². The first kappa shape index (κ1) is 21.6. The molecule has 1 aliphatic heterocycles. The van der Waals surface area contributed by atoms with Gasteiger partial charge in [0.15, 0.2) is 0 Å². The van der Waals surface area contributed by atoms with Gasteiger partial charge in [0.2, 0.25) is 5.91 Å². The number of anilines is 2. The molecule has 0 bridgehead atoms. The fourth-order valence-electron chi connectivity index (χ4n) is 2.96. The summed E-state index contributed by atoms with van der Waals surface area (Å²) < 4.78 is 3.00. The van der Waals surface area contributed by atoms with Gasteiger partial charge in [0.25, 0.3) is 0 Å². The van der Waals surface area contributed by atoms with E-state index in [0.29, 0.717) is 16.4 Å². The van der Waals surface area contributed by atoms with Crippen molar-refractivity contribution in [3.8, 4) is 6.07 Å². The van der Waals surface area contributed by atoms with Crippen LogP contribution in [-0.4, -0.2) is 18.0 Å². The predicted octanol–water partition coefficient (Wildman–Crippen LogP) is 5.13. The Balaban J connectivity index is 1.86. The number of rotatable bonds is 7. The molecule has 1 amide bonds. The summed E-state index contributed by atoms with van der Waals surface area (Å²) in [6, 6.07) is 18.1. The van der Waals surface area contributed by atoms with Crippen molar-refractivity contribution in [1.82, 2.24) is 4.72 Å². The lowest BCUT2D eigenvalue weighted by atomic mass is 10.1. The average molecular weight is 421 g/mol. The molecule has 2 N–H and O–H groups in total. The van der Waals surface area contributed by atoms with Crippen LogP contribution in [0.4, 0.5) is 17.1 Å². The second-order valence-corrected chi connectivity index (χ2v) is 7.91. The molecule has 3 rings (SSSR count). The lowest BCUT2D eigenvalue weighted by molar-refractivity contribution is -0.114. The normalized spacial score (nSPS) is 18.1. The van der Waals surface area contributed by atoms with Crippen molar-refractivity contribution in [2.24, 2.45) is 10.2 Å². The van der Waals surface area contributed by atoms with E-state index in [-0.39, 0.29) is 5.91 Å². The number of carbonyl (C=O) groups excluding carboxylic acids is 1. The molecule has 0 saturated heterocycles. The van der Waals surface area contributed by atoms with Crippen molar-refractivity contribution >= 4 is 34.9 Å². The highest BCUT2D eigenvalue weighted by atomic mass is 32.2. The topological polar surface area (TPSA) is 92.9 Å². The summed E-state index contributed by atoms with van der Waals surface area (Å²) in [5.41, 5.74) is 2.58. The van der Waals surface area contributed by atoms with Crippen LogP contribution in [0.5, 0.6) is 0 Å². The molecule has 0 radical (unpaired) electrons. The number of azo groups is 1. The molecule has 0 spiro atoms. The van der Waals surface area contributed by atoms with Gasteiger partial charge in [-0.05, 0) is 55.6 Å². The maximum absolute atomic E-state index is 11.7. The van der Waals surface area contributed by atoms with E-state index >= 15 is 0 Å². The van der Waals surface area contributed by atoms with E-state index < -0.39 is 5.54 Å². The van der Waals surface area contributed by atoms with E-state index in [1.165, 1.54) is 24.4 Å². The first-order chi connectivity index (χ1) is 14.4. The molecule has 0 aromatic heterocycles. The number of nitriles is 1. The molecule has 0 fully saturated rings. The molecule has 0 aliphatic carbocycles. The minimum absolute atomic E-state index is 0.178. The Morgan fingerprint density at radius 3 is 2.67 bits per heavy atom. The highest BCUT2D eigenvalue weighted by Crippen LogP contribution is 2.34. The molecule has 1 unspecified atom stereocenters. The van der Waals surface area contributed by atoms with Crippen LogP contribution in [0.15, 0.2) is 69.9 Å². The number of carbonyl (C=O) groups is 1. The molecular weight excluding hydrogens is 396 g/mol. The minimum Gasteiger partial charge on any atom is -0.367 e. The number of amides is 1. The third kappa shape index (κ3) is 5.47. The first-order valence-corrected chi connectivity index (χ1v) is 10.4. The maximum Gasteiger partial charge on any atom is 0.221 e. The largest absolute Gasteiger partial charge is 0.367 e. The Morgan fingerprint density at radius 1 is 1.27 bits per heavy atom. The third-order valence-electron chi connectivity index (χ3n) is 4.52. The molecule has 2 aromatic carbocycles. The molecule has 1 aliphatic rings. The van der Waals surface area contributed by atoms with E-state index in [1.807, 2.05) is 36.4 Å². The predicted molar refractivity (Wildman–Crippen MR) is 121 cm³/mol. The third-order valence-corrected chi connectivity index (χ3v) is 5.46. The SMILES string of the molecule is CCN(Cc1ccccc1)c1ccc(/N=N/C2=CC(C)(C#N)NS2)c(NC(C)=O)c1. The lowest BCUT2D eigenvalue weighted by Crippen LogP contribution is -2.29. The summed E-state index contributed by atoms with van der Waals surface area (Å²) in [6.07, 6.45) is 1.73. The van der Waals surface area contributed by atoms with Gasteiger partial charge in [-0.25, -0.2) is 4.72 Å². The zero-order chi connectivity index (χ0) is 21.6. The van der Waals surface area contributed by atoms with Gasteiger partial charge in [-0.1, -0.05) is 30.3 Å². The number of hydrogen-bond donors (Lipinski definition) is 2. The van der Waals surface area contributed by atoms with Crippen molar-refractivity contribution in [2.75, 3.05) is 16.8 Å². The second kappa shape index (κ2) is 9.57. The van der Waals surface area contributed by atoms with Crippen molar-refractivity contribution in [2.45, 2.75) is 32.9 Å². The van der Waals surface area contributed by atoms with E-state index in [4.69, 9.17) is 0 Å². The Kier molecular flexibility index (Phi) is 6.87. The van der Waals surface area contributed by atoms with Gasteiger partial charge in [-0.3, -0.25) is 4.79 Å². The van der Waals surface area contributed by atoms with Gasteiger partial charge in [-0.15, -0.1) is 10.2 Å². The molecule has 154 valence electrons. The van der Waals surface area contributed by atoms with E-state index in [9.17, 15) is 10.1 Å². The summed E-state index contributed by atoms with van der Waals surface area (Å²) >= 11 is 1.26. The highest BCUT2D eigenvalue weighted by molar-refractivity contribution is 8.01. The van der Waals surface area contributed by atoms with Crippen LogP contribution in [0.1, 0.15) is 26.3 Å². The van der Waals surface area contributed by atoms with Gasteiger partial charge < -0.3 is 10.2 Å². The van der Waals surface area contributed by atoms with E-state index in [0.717, 1.165) is 18.8 Å². The smallest absolute Gasteiger partial charge is 0.221 e. The van der Waals surface area contributed by atoms with Gasteiger partial charge in [-0.2, -0.15) is 5.26 Å². The van der Waals surface area contributed by atoms with Gasteiger partial charge >= 0.3 is 0 Å². The van der Waals surface area contributed by atoms with Crippen LogP contribution in [-0.2, 0) is 11.3 Å². The summed E-state index contributed by atoms with van der Waals surface area (Å²) in [5, 5.41) is 21.2. The highest BCUT2D eigenvalue weighted by Gasteiger charge is 2.28. The zero-order valence-corrected chi connectivity index (χ0v) is 18.0. The Morgan fingerprint density at radius 2 is 2.03 bits per heavy atom. The summed E-state index contributed by atoms with van der Waals surface area (Å²) in [7, 11) is 0.